The summed E-state index contributed by atoms with van der Waals surface area (Å²) in [4.78, 5) is 2.28. The highest BCUT2D eigenvalue weighted by molar-refractivity contribution is 6.00. The molecule has 1 aromatic heterocycles. The number of aryl methyl sites for hydroxylation is 2. The van der Waals surface area contributed by atoms with Crippen molar-refractivity contribution in [3.05, 3.63) is 11.3 Å². The fourth-order valence-electron chi connectivity index (χ4n) is 2.87. The first-order valence-electron chi connectivity index (χ1n) is 6.66. The number of nitrogens with one attached hydrogen (secondary N) is 1. The minimum atomic E-state index is 0.0969. The first kappa shape index (κ1) is 13.9. The van der Waals surface area contributed by atoms with E-state index in [0.29, 0.717) is 5.92 Å². The lowest BCUT2D eigenvalue weighted by molar-refractivity contribution is 0.139. The van der Waals surface area contributed by atoms with Gasteiger partial charge in [-0.3, -0.25) is 10.1 Å². The first-order chi connectivity index (χ1) is 9.04. The Morgan fingerprint density at radius 1 is 1.47 bits per heavy atom. The van der Waals surface area contributed by atoms with Gasteiger partial charge in [0.1, 0.15) is 11.7 Å². The lowest BCUT2D eigenvalue weighted by atomic mass is 9.97. The molecule has 0 spiro atoms. The van der Waals surface area contributed by atoms with E-state index in [4.69, 9.17) is 15.9 Å². The molecule has 1 aliphatic rings. The van der Waals surface area contributed by atoms with Gasteiger partial charge in [0.15, 0.2) is 0 Å². The lowest BCUT2D eigenvalue weighted by Gasteiger charge is -2.33. The Kier molecular flexibility index (Phi) is 4.09. The molecule has 0 aliphatic carbocycles. The van der Waals surface area contributed by atoms with Crippen LogP contribution in [0.25, 0.3) is 0 Å². The van der Waals surface area contributed by atoms with Crippen LogP contribution in [0.2, 0.25) is 0 Å². The largest absolute Gasteiger partial charge is 0.384 e. The van der Waals surface area contributed by atoms with E-state index in [9.17, 15) is 0 Å². The molecular weight excluding hydrogens is 242 g/mol. The zero-order valence-corrected chi connectivity index (χ0v) is 11.9. The molecule has 2 heterocycles. The quantitative estimate of drug-likeness (QED) is 0.625. The molecule has 2 rings (SSSR count). The van der Waals surface area contributed by atoms with Gasteiger partial charge in [0.25, 0.3) is 0 Å². The summed E-state index contributed by atoms with van der Waals surface area (Å²) in [5.41, 5.74) is 7.29. The van der Waals surface area contributed by atoms with Crippen molar-refractivity contribution in [2.45, 2.75) is 19.8 Å². The van der Waals surface area contributed by atoms with Crippen molar-refractivity contribution < 1.29 is 4.74 Å². The van der Waals surface area contributed by atoms with Gasteiger partial charge < -0.3 is 15.4 Å². The Morgan fingerprint density at radius 3 is 2.63 bits per heavy atom. The molecule has 0 amide bonds. The van der Waals surface area contributed by atoms with Crippen LogP contribution in [0.5, 0.6) is 0 Å². The Balaban J connectivity index is 2.17. The molecule has 1 saturated heterocycles. The minimum absolute atomic E-state index is 0.0969. The molecule has 1 aromatic rings. The topological polar surface area (TPSA) is 80.2 Å². The maximum absolute atomic E-state index is 7.73. The van der Waals surface area contributed by atoms with Crippen molar-refractivity contribution in [1.29, 1.82) is 5.41 Å². The average molecular weight is 265 g/mol. The third kappa shape index (κ3) is 2.73. The third-order valence-electron chi connectivity index (χ3n) is 3.78. The third-order valence-corrected chi connectivity index (χ3v) is 3.78. The van der Waals surface area contributed by atoms with Crippen LogP contribution in [0.1, 0.15) is 24.1 Å². The lowest BCUT2D eigenvalue weighted by Crippen LogP contribution is -2.37. The van der Waals surface area contributed by atoms with Gasteiger partial charge in [0.2, 0.25) is 0 Å². The van der Waals surface area contributed by atoms with Crippen molar-refractivity contribution in [3.8, 4) is 0 Å². The minimum Gasteiger partial charge on any atom is -0.384 e. The van der Waals surface area contributed by atoms with E-state index >= 15 is 0 Å². The number of anilines is 1. The van der Waals surface area contributed by atoms with Crippen molar-refractivity contribution in [1.82, 2.24) is 9.78 Å². The first-order valence-corrected chi connectivity index (χ1v) is 6.66. The molecule has 0 saturated carbocycles. The summed E-state index contributed by atoms with van der Waals surface area (Å²) in [5, 5.41) is 12.1. The summed E-state index contributed by atoms with van der Waals surface area (Å²) in [6.45, 7) is 4.66. The van der Waals surface area contributed by atoms with E-state index in [1.54, 1.807) is 7.11 Å². The Hall–Kier alpha value is -1.56. The van der Waals surface area contributed by atoms with Crippen molar-refractivity contribution in [3.63, 3.8) is 0 Å². The Labute approximate surface area is 114 Å². The number of ether oxygens (including phenoxy) is 1. The molecule has 3 N–H and O–H groups in total. The van der Waals surface area contributed by atoms with Crippen molar-refractivity contribution in [2.24, 2.45) is 18.7 Å². The van der Waals surface area contributed by atoms with Gasteiger partial charge in [-0.05, 0) is 25.7 Å². The van der Waals surface area contributed by atoms with Crippen LogP contribution in [0.3, 0.4) is 0 Å². The molecule has 19 heavy (non-hydrogen) atoms. The number of nitrogens with zero attached hydrogens (tertiary/aromatic N) is 3. The highest BCUT2D eigenvalue weighted by atomic mass is 16.5. The van der Waals surface area contributed by atoms with Crippen LogP contribution in [-0.4, -0.2) is 42.4 Å². The molecule has 0 atom stereocenters. The highest BCUT2D eigenvalue weighted by Crippen LogP contribution is 2.27. The predicted octanol–water partition coefficient (Wildman–Crippen LogP) is 0.875. The van der Waals surface area contributed by atoms with E-state index in [2.05, 4.69) is 10.00 Å². The second-order valence-corrected chi connectivity index (χ2v) is 5.21. The molecule has 6 heteroatoms. The fraction of sp³-hybridized carbons (Fsp3) is 0.692. The number of methoxy groups -OCH3 is 1. The van der Waals surface area contributed by atoms with E-state index in [1.165, 1.54) is 0 Å². The molecule has 0 unspecified atom stereocenters. The smallest absolute Gasteiger partial charge is 0.137 e. The van der Waals surface area contributed by atoms with Crippen LogP contribution < -0.4 is 10.6 Å². The average Bonchev–Trinajstić information content (AvgIpc) is 2.66. The molecule has 0 bridgehead atoms. The van der Waals surface area contributed by atoms with Gasteiger partial charge in [-0.1, -0.05) is 0 Å². The second-order valence-electron chi connectivity index (χ2n) is 5.21. The molecule has 0 aromatic carbocycles. The maximum Gasteiger partial charge on any atom is 0.137 e. The monoisotopic (exact) mass is 265 g/mol. The summed E-state index contributed by atoms with van der Waals surface area (Å²) in [6, 6.07) is 0. The Morgan fingerprint density at radius 2 is 2.11 bits per heavy atom. The normalized spacial score (nSPS) is 16.9. The van der Waals surface area contributed by atoms with Gasteiger partial charge in [-0.15, -0.1) is 0 Å². The molecule has 6 nitrogen and oxygen atoms in total. The summed E-state index contributed by atoms with van der Waals surface area (Å²) < 4.78 is 7.06. The summed E-state index contributed by atoms with van der Waals surface area (Å²) in [5.74, 6) is 1.71. The van der Waals surface area contributed by atoms with Gasteiger partial charge in [-0.2, -0.15) is 5.10 Å². The maximum atomic E-state index is 7.73. The van der Waals surface area contributed by atoms with Gasteiger partial charge in [-0.25, -0.2) is 0 Å². The number of piperidine rings is 1. The molecule has 0 radical (unpaired) electrons. The number of hydrogen-bond donors (Lipinski definition) is 2. The number of amidine groups is 1. The number of nitrogens with two attached hydrogens (primary N) is 1. The van der Waals surface area contributed by atoms with Crippen LogP contribution in [0.4, 0.5) is 5.82 Å². The predicted molar refractivity (Wildman–Crippen MR) is 75.8 cm³/mol. The van der Waals surface area contributed by atoms with Crippen molar-refractivity contribution >= 4 is 11.7 Å². The van der Waals surface area contributed by atoms with E-state index in [0.717, 1.165) is 49.6 Å². The van der Waals surface area contributed by atoms with Crippen LogP contribution in [-0.2, 0) is 11.8 Å². The van der Waals surface area contributed by atoms with Gasteiger partial charge in [0.05, 0.1) is 11.3 Å². The fourth-order valence-corrected chi connectivity index (χ4v) is 2.87. The van der Waals surface area contributed by atoms with Crippen LogP contribution in [0, 0.1) is 18.3 Å². The van der Waals surface area contributed by atoms with E-state index < -0.39 is 0 Å². The Bertz CT molecular complexity index is 460. The standard InChI is InChI=1S/C13H23N5O/c1-9-11(12(14)15)13(17(2)16-9)18-6-4-10(5-7-18)8-19-3/h10H,4-8H2,1-3H3,(H3,14,15). The van der Waals surface area contributed by atoms with E-state index in [1.807, 2.05) is 18.7 Å². The summed E-state index contributed by atoms with van der Waals surface area (Å²) in [7, 11) is 3.67. The van der Waals surface area contributed by atoms with Crippen LogP contribution in [0.15, 0.2) is 0 Å². The number of nitrogen functional groups attached to an aromatic ring is 1. The number of rotatable bonds is 4. The zero-order chi connectivity index (χ0) is 14.0. The van der Waals surface area contributed by atoms with Crippen molar-refractivity contribution in [2.75, 3.05) is 31.7 Å². The summed E-state index contributed by atoms with van der Waals surface area (Å²) in [6.07, 6.45) is 2.21. The van der Waals surface area contributed by atoms with Gasteiger partial charge in [0, 0.05) is 33.9 Å². The van der Waals surface area contributed by atoms with E-state index in [-0.39, 0.29) is 5.84 Å². The van der Waals surface area contributed by atoms with Gasteiger partial charge >= 0.3 is 0 Å². The summed E-state index contributed by atoms with van der Waals surface area (Å²) >= 11 is 0. The number of hydrogen-bond acceptors (Lipinski definition) is 4. The zero-order valence-electron chi connectivity index (χ0n) is 11.9. The molecule has 1 fully saturated rings. The van der Waals surface area contributed by atoms with Crippen LogP contribution >= 0.6 is 0 Å². The SMILES string of the molecule is COCC1CCN(c2c(C(=N)N)c(C)nn2C)CC1. The number of aromatic nitrogens is 2. The second kappa shape index (κ2) is 5.61. The molecular formula is C13H23N5O. The molecule has 1 aliphatic heterocycles. The highest BCUT2D eigenvalue weighted by Gasteiger charge is 2.25. The molecule has 106 valence electrons.